The molecule has 29 heavy (non-hydrogen) atoms. The molecule has 4 rings (SSSR count). The highest BCUT2D eigenvalue weighted by molar-refractivity contribution is 7.98. The van der Waals surface area contributed by atoms with Gasteiger partial charge in [0.1, 0.15) is 5.75 Å². The minimum Gasteiger partial charge on any atom is -0.496 e. The lowest BCUT2D eigenvalue weighted by molar-refractivity contribution is 0.391. The van der Waals surface area contributed by atoms with Crippen LogP contribution in [0.25, 0.3) is 22.8 Å². The van der Waals surface area contributed by atoms with Crippen LogP contribution in [0, 0.1) is 6.92 Å². The first-order chi connectivity index (χ1) is 14.2. The summed E-state index contributed by atoms with van der Waals surface area (Å²) in [4.78, 5) is 4.53. The number of rotatable bonds is 7. The smallest absolute Gasteiger partial charge is 0.237 e. The number of hydrogen-bond acceptors (Lipinski definition) is 7. The van der Waals surface area contributed by atoms with Crippen LogP contribution < -0.4 is 4.74 Å². The molecule has 0 radical (unpaired) electrons. The van der Waals surface area contributed by atoms with Gasteiger partial charge in [0.25, 0.3) is 0 Å². The Morgan fingerprint density at radius 1 is 1.03 bits per heavy atom. The number of methoxy groups -OCH3 is 1. The maximum absolute atomic E-state index is 5.47. The monoisotopic (exact) mass is 407 g/mol. The molecule has 0 saturated carbocycles. The summed E-state index contributed by atoms with van der Waals surface area (Å²) in [5.74, 6) is 3.22. The molecule has 0 aliphatic rings. The van der Waals surface area contributed by atoms with Gasteiger partial charge in [0.15, 0.2) is 11.0 Å². The van der Waals surface area contributed by atoms with E-state index in [2.05, 4.69) is 31.8 Å². The third-order valence-corrected chi connectivity index (χ3v) is 5.51. The second-order valence-corrected chi connectivity index (χ2v) is 7.31. The maximum atomic E-state index is 5.47. The van der Waals surface area contributed by atoms with Gasteiger partial charge in [-0.1, -0.05) is 53.3 Å². The topological polar surface area (TPSA) is 78.9 Å². The van der Waals surface area contributed by atoms with Crippen molar-refractivity contribution in [3.05, 3.63) is 60.0 Å². The SMILES string of the molecule is CCn1c(SCc2nc(-c3ccccc3C)no2)nnc1-c1ccccc1OC. The molecule has 0 amide bonds. The van der Waals surface area contributed by atoms with E-state index in [0.717, 1.165) is 40.0 Å². The van der Waals surface area contributed by atoms with Gasteiger partial charge in [0, 0.05) is 12.1 Å². The number of benzene rings is 2. The van der Waals surface area contributed by atoms with Crippen LogP contribution in [0.4, 0.5) is 0 Å². The van der Waals surface area contributed by atoms with Crippen molar-refractivity contribution < 1.29 is 9.26 Å². The van der Waals surface area contributed by atoms with Crippen molar-refractivity contribution in [2.75, 3.05) is 7.11 Å². The first-order valence-electron chi connectivity index (χ1n) is 9.29. The Bertz CT molecular complexity index is 1120. The van der Waals surface area contributed by atoms with Gasteiger partial charge in [-0.2, -0.15) is 4.98 Å². The molecule has 0 bridgehead atoms. The molecule has 0 N–H and O–H groups in total. The van der Waals surface area contributed by atoms with Gasteiger partial charge in [-0.15, -0.1) is 10.2 Å². The van der Waals surface area contributed by atoms with E-state index in [1.54, 1.807) is 7.11 Å². The Balaban J connectivity index is 1.54. The predicted octanol–water partition coefficient (Wildman–Crippen LogP) is 4.62. The van der Waals surface area contributed by atoms with Crippen LogP contribution in [0.2, 0.25) is 0 Å². The van der Waals surface area contributed by atoms with Gasteiger partial charge in [-0.05, 0) is 31.5 Å². The molecule has 0 saturated heterocycles. The fourth-order valence-corrected chi connectivity index (χ4v) is 3.92. The summed E-state index contributed by atoms with van der Waals surface area (Å²) < 4.78 is 13.0. The third kappa shape index (κ3) is 3.88. The molecule has 0 fully saturated rings. The summed E-state index contributed by atoms with van der Waals surface area (Å²) in [7, 11) is 1.66. The Morgan fingerprint density at radius 2 is 1.79 bits per heavy atom. The summed E-state index contributed by atoms with van der Waals surface area (Å²) >= 11 is 1.52. The van der Waals surface area contributed by atoms with E-state index in [1.807, 2.05) is 55.5 Å². The normalized spacial score (nSPS) is 11.0. The molecule has 4 aromatic rings. The number of aromatic nitrogens is 5. The summed E-state index contributed by atoms with van der Waals surface area (Å²) in [6, 6.07) is 15.8. The largest absolute Gasteiger partial charge is 0.496 e. The zero-order chi connectivity index (χ0) is 20.2. The van der Waals surface area contributed by atoms with Crippen molar-refractivity contribution >= 4 is 11.8 Å². The summed E-state index contributed by atoms with van der Waals surface area (Å²) in [6.07, 6.45) is 0. The first kappa shape index (κ1) is 19.2. The van der Waals surface area contributed by atoms with Crippen molar-refractivity contribution in [1.82, 2.24) is 24.9 Å². The minimum atomic E-state index is 0.517. The van der Waals surface area contributed by atoms with Crippen molar-refractivity contribution in [1.29, 1.82) is 0 Å². The molecule has 0 atom stereocenters. The highest BCUT2D eigenvalue weighted by Crippen LogP contribution is 2.31. The van der Waals surface area contributed by atoms with E-state index in [0.29, 0.717) is 17.5 Å². The van der Waals surface area contributed by atoms with Gasteiger partial charge >= 0.3 is 0 Å². The highest BCUT2D eigenvalue weighted by atomic mass is 32.2. The van der Waals surface area contributed by atoms with Crippen LogP contribution >= 0.6 is 11.8 Å². The van der Waals surface area contributed by atoms with Crippen molar-refractivity contribution in [3.8, 4) is 28.5 Å². The lowest BCUT2D eigenvalue weighted by Crippen LogP contribution is -2.01. The number of aryl methyl sites for hydroxylation is 1. The van der Waals surface area contributed by atoms with E-state index >= 15 is 0 Å². The molecule has 2 heterocycles. The minimum absolute atomic E-state index is 0.517. The summed E-state index contributed by atoms with van der Waals surface area (Å²) in [6.45, 7) is 4.83. The molecule has 0 spiro atoms. The Hall–Kier alpha value is -3.13. The van der Waals surface area contributed by atoms with Crippen LogP contribution in [0.1, 0.15) is 18.4 Å². The Morgan fingerprint density at radius 3 is 2.55 bits per heavy atom. The number of para-hydroxylation sites is 1. The zero-order valence-corrected chi connectivity index (χ0v) is 17.3. The molecule has 0 aliphatic carbocycles. The molecule has 148 valence electrons. The molecule has 7 nitrogen and oxygen atoms in total. The van der Waals surface area contributed by atoms with E-state index < -0.39 is 0 Å². The van der Waals surface area contributed by atoms with Crippen molar-refractivity contribution in [3.63, 3.8) is 0 Å². The molecule has 0 unspecified atom stereocenters. The molecule has 8 heteroatoms. The number of thioether (sulfide) groups is 1. The van der Waals surface area contributed by atoms with Crippen LogP contribution in [0.3, 0.4) is 0 Å². The zero-order valence-electron chi connectivity index (χ0n) is 16.5. The molecule has 0 aliphatic heterocycles. The van der Waals surface area contributed by atoms with Gasteiger partial charge in [-0.25, -0.2) is 0 Å². The van der Waals surface area contributed by atoms with Crippen LogP contribution in [-0.2, 0) is 12.3 Å². The average molecular weight is 407 g/mol. The fourth-order valence-electron chi connectivity index (χ4n) is 3.08. The van der Waals surface area contributed by atoms with Gasteiger partial charge in [0.2, 0.25) is 11.7 Å². The number of nitrogens with zero attached hydrogens (tertiary/aromatic N) is 5. The van der Waals surface area contributed by atoms with E-state index in [4.69, 9.17) is 9.26 Å². The lowest BCUT2D eigenvalue weighted by atomic mass is 10.1. The Labute approximate surface area is 173 Å². The van der Waals surface area contributed by atoms with E-state index in [1.165, 1.54) is 11.8 Å². The van der Waals surface area contributed by atoms with E-state index in [-0.39, 0.29) is 0 Å². The highest BCUT2D eigenvalue weighted by Gasteiger charge is 2.18. The fraction of sp³-hybridized carbons (Fsp3) is 0.238. The van der Waals surface area contributed by atoms with Crippen molar-refractivity contribution in [2.45, 2.75) is 31.3 Å². The summed E-state index contributed by atoms with van der Waals surface area (Å²) in [5, 5.41) is 13.7. The van der Waals surface area contributed by atoms with Gasteiger partial charge in [0.05, 0.1) is 18.4 Å². The lowest BCUT2D eigenvalue weighted by Gasteiger charge is -2.09. The van der Waals surface area contributed by atoms with Crippen LogP contribution in [-0.4, -0.2) is 32.0 Å². The molecular weight excluding hydrogens is 386 g/mol. The summed E-state index contributed by atoms with van der Waals surface area (Å²) in [5.41, 5.74) is 3.00. The van der Waals surface area contributed by atoms with Gasteiger partial charge in [-0.3, -0.25) is 0 Å². The molecule has 2 aromatic heterocycles. The van der Waals surface area contributed by atoms with Gasteiger partial charge < -0.3 is 13.8 Å². The molecule has 2 aromatic carbocycles. The van der Waals surface area contributed by atoms with Crippen LogP contribution in [0.15, 0.2) is 58.2 Å². The third-order valence-electron chi connectivity index (χ3n) is 4.56. The number of hydrogen-bond donors (Lipinski definition) is 0. The first-order valence-corrected chi connectivity index (χ1v) is 10.3. The van der Waals surface area contributed by atoms with E-state index in [9.17, 15) is 0 Å². The van der Waals surface area contributed by atoms with Crippen LogP contribution in [0.5, 0.6) is 5.75 Å². The van der Waals surface area contributed by atoms with Crippen molar-refractivity contribution in [2.24, 2.45) is 0 Å². The standard InChI is InChI=1S/C21H21N5O2S/c1-4-26-20(16-11-7-8-12-17(16)27-3)23-24-21(26)29-13-18-22-19(25-28-18)15-10-6-5-9-14(15)2/h5-12H,4,13H2,1-3H3. The second kappa shape index (κ2) is 8.48. The Kier molecular flexibility index (Phi) is 5.62. The second-order valence-electron chi connectivity index (χ2n) is 6.37. The average Bonchev–Trinajstić information content (AvgIpc) is 3.39. The quantitative estimate of drug-likeness (QED) is 0.413. The maximum Gasteiger partial charge on any atom is 0.237 e. The predicted molar refractivity (Wildman–Crippen MR) is 112 cm³/mol. The number of ether oxygens (including phenoxy) is 1. The molecular formula is C21H21N5O2S.